The van der Waals surface area contributed by atoms with E-state index in [1.807, 2.05) is 0 Å². The van der Waals surface area contributed by atoms with E-state index in [-0.39, 0.29) is 11.6 Å². The van der Waals surface area contributed by atoms with Gasteiger partial charge in [-0.3, -0.25) is 0 Å². The molecule has 0 bridgehead atoms. The number of furan rings is 1. The van der Waals surface area contributed by atoms with E-state index in [0.29, 0.717) is 24.4 Å². The first-order valence-corrected chi connectivity index (χ1v) is 6.32. The van der Waals surface area contributed by atoms with Crippen LogP contribution in [0.15, 0.2) is 39.2 Å². The summed E-state index contributed by atoms with van der Waals surface area (Å²) in [6, 6.07) is 7.67. The van der Waals surface area contributed by atoms with E-state index in [1.54, 1.807) is 18.2 Å². The van der Waals surface area contributed by atoms with Gasteiger partial charge in [0.1, 0.15) is 11.6 Å². The first kappa shape index (κ1) is 13.8. The molecule has 0 radical (unpaired) electrons. The SMILES string of the molecule is O=C(O)c1ccc(CNCc2cc(Br)ccc2F)o1. The van der Waals surface area contributed by atoms with Crippen LogP contribution >= 0.6 is 15.9 Å². The van der Waals surface area contributed by atoms with Crippen molar-refractivity contribution >= 4 is 21.9 Å². The summed E-state index contributed by atoms with van der Waals surface area (Å²) in [5, 5.41) is 11.7. The highest BCUT2D eigenvalue weighted by Gasteiger charge is 2.09. The highest BCUT2D eigenvalue weighted by atomic mass is 79.9. The minimum Gasteiger partial charge on any atom is -0.475 e. The zero-order chi connectivity index (χ0) is 13.8. The minimum atomic E-state index is -1.11. The molecule has 1 aromatic carbocycles. The molecule has 2 N–H and O–H groups in total. The van der Waals surface area contributed by atoms with Crippen molar-refractivity contribution in [1.29, 1.82) is 0 Å². The summed E-state index contributed by atoms with van der Waals surface area (Å²) >= 11 is 3.27. The standard InChI is InChI=1S/C13H11BrFNO3/c14-9-1-3-11(15)8(5-9)6-16-7-10-2-4-12(19-10)13(17)18/h1-5,16H,6-7H2,(H,17,18). The van der Waals surface area contributed by atoms with E-state index >= 15 is 0 Å². The molecule has 0 fully saturated rings. The third-order valence-electron chi connectivity index (χ3n) is 2.49. The van der Waals surface area contributed by atoms with Crippen LogP contribution in [-0.4, -0.2) is 11.1 Å². The summed E-state index contributed by atoms with van der Waals surface area (Å²) in [6.45, 7) is 0.660. The Morgan fingerprint density at radius 1 is 1.32 bits per heavy atom. The molecule has 19 heavy (non-hydrogen) atoms. The number of halogens is 2. The number of hydrogen-bond donors (Lipinski definition) is 2. The van der Waals surface area contributed by atoms with E-state index in [9.17, 15) is 9.18 Å². The van der Waals surface area contributed by atoms with Crippen LogP contribution in [0.1, 0.15) is 21.9 Å². The second kappa shape index (κ2) is 5.99. The van der Waals surface area contributed by atoms with Gasteiger partial charge in [-0.25, -0.2) is 9.18 Å². The number of carboxylic acid groups (broad SMARTS) is 1. The lowest BCUT2D eigenvalue weighted by Gasteiger charge is -2.05. The molecule has 0 amide bonds. The second-order valence-electron chi connectivity index (χ2n) is 3.91. The molecule has 1 aromatic heterocycles. The van der Waals surface area contributed by atoms with Gasteiger partial charge in [0, 0.05) is 16.6 Å². The van der Waals surface area contributed by atoms with Gasteiger partial charge in [-0.2, -0.15) is 0 Å². The number of rotatable bonds is 5. The molecule has 0 aliphatic carbocycles. The molecule has 2 rings (SSSR count). The van der Waals surface area contributed by atoms with Crippen LogP contribution in [0.2, 0.25) is 0 Å². The minimum absolute atomic E-state index is 0.106. The van der Waals surface area contributed by atoms with Crippen molar-refractivity contribution in [2.24, 2.45) is 0 Å². The lowest BCUT2D eigenvalue weighted by Crippen LogP contribution is -2.13. The van der Waals surface area contributed by atoms with Crippen LogP contribution in [0, 0.1) is 5.82 Å². The highest BCUT2D eigenvalue weighted by Crippen LogP contribution is 2.15. The van der Waals surface area contributed by atoms with Crippen molar-refractivity contribution in [3.63, 3.8) is 0 Å². The van der Waals surface area contributed by atoms with Crippen LogP contribution in [-0.2, 0) is 13.1 Å². The van der Waals surface area contributed by atoms with Gasteiger partial charge in [-0.1, -0.05) is 15.9 Å². The van der Waals surface area contributed by atoms with Crippen LogP contribution in [0.5, 0.6) is 0 Å². The van der Waals surface area contributed by atoms with Gasteiger partial charge in [0.2, 0.25) is 5.76 Å². The Kier molecular flexibility index (Phi) is 4.34. The number of carbonyl (C=O) groups is 1. The van der Waals surface area contributed by atoms with Gasteiger partial charge in [-0.15, -0.1) is 0 Å². The number of carboxylic acids is 1. The molecule has 0 aliphatic heterocycles. The van der Waals surface area contributed by atoms with Crippen LogP contribution < -0.4 is 5.32 Å². The third kappa shape index (κ3) is 3.65. The fourth-order valence-electron chi connectivity index (χ4n) is 1.59. The van der Waals surface area contributed by atoms with E-state index < -0.39 is 5.97 Å². The average Bonchev–Trinajstić information content (AvgIpc) is 2.82. The zero-order valence-electron chi connectivity index (χ0n) is 9.82. The smallest absolute Gasteiger partial charge is 0.371 e. The largest absolute Gasteiger partial charge is 0.475 e. The number of benzene rings is 1. The molecule has 100 valence electrons. The molecular formula is C13H11BrFNO3. The molecule has 1 heterocycles. The second-order valence-corrected chi connectivity index (χ2v) is 4.83. The lowest BCUT2D eigenvalue weighted by molar-refractivity contribution is 0.0660. The molecule has 0 unspecified atom stereocenters. The van der Waals surface area contributed by atoms with Crippen LogP contribution in [0.4, 0.5) is 4.39 Å². The molecule has 0 saturated heterocycles. The molecular weight excluding hydrogens is 317 g/mol. The number of nitrogens with one attached hydrogen (secondary N) is 1. The third-order valence-corrected chi connectivity index (χ3v) is 2.99. The number of aromatic carboxylic acids is 1. The lowest BCUT2D eigenvalue weighted by atomic mass is 10.2. The van der Waals surface area contributed by atoms with Crippen LogP contribution in [0.3, 0.4) is 0 Å². The predicted molar refractivity (Wildman–Crippen MR) is 70.3 cm³/mol. The maximum absolute atomic E-state index is 13.4. The maximum Gasteiger partial charge on any atom is 0.371 e. The van der Waals surface area contributed by atoms with E-state index in [4.69, 9.17) is 9.52 Å². The summed E-state index contributed by atoms with van der Waals surface area (Å²) in [5.41, 5.74) is 0.527. The summed E-state index contributed by atoms with van der Waals surface area (Å²) in [7, 11) is 0. The summed E-state index contributed by atoms with van der Waals surface area (Å²) in [4.78, 5) is 10.6. The van der Waals surface area contributed by atoms with Gasteiger partial charge in [0.25, 0.3) is 0 Å². The van der Waals surface area contributed by atoms with Crippen molar-refractivity contribution in [3.05, 3.63) is 57.7 Å². The van der Waals surface area contributed by atoms with Gasteiger partial charge in [-0.05, 0) is 30.3 Å². The molecule has 6 heteroatoms. The Morgan fingerprint density at radius 2 is 2.11 bits per heavy atom. The summed E-state index contributed by atoms with van der Waals surface area (Å²) in [5.74, 6) is -1.01. The van der Waals surface area contributed by atoms with Gasteiger partial charge in [0.05, 0.1) is 6.54 Å². The van der Waals surface area contributed by atoms with Crippen molar-refractivity contribution in [1.82, 2.24) is 5.32 Å². The quantitative estimate of drug-likeness (QED) is 0.885. The van der Waals surface area contributed by atoms with Gasteiger partial charge >= 0.3 is 5.97 Å². The van der Waals surface area contributed by atoms with E-state index in [2.05, 4.69) is 21.2 Å². The first-order chi connectivity index (χ1) is 9.06. The van der Waals surface area contributed by atoms with E-state index in [1.165, 1.54) is 12.1 Å². The molecule has 2 aromatic rings. The van der Waals surface area contributed by atoms with Crippen molar-refractivity contribution in [3.8, 4) is 0 Å². The van der Waals surface area contributed by atoms with Crippen molar-refractivity contribution in [2.45, 2.75) is 13.1 Å². The Labute approximate surface area is 117 Å². The first-order valence-electron chi connectivity index (χ1n) is 5.53. The monoisotopic (exact) mass is 327 g/mol. The summed E-state index contributed by atoms with van der Waals surface area (Å²) < 4.78 is 19.3. The van der Waals surface area contributed by atoms with Gasteiger partial charge < -0.3 is 14.8 Å². The Balaban J connectivity index is 1.92. The predicted octanol–water partition coefficient (Wildman–Crippen LogP) is 3.17. The zero-order valence-corrected chi connectivity index (χ0v) is 11.4. The Bertz CT molecular complexity index is 597. The Hall–Kier alpha value is -1.66. The van der Waals surface area contributed by atoms with E-state index in [0.717, 1.165) is 4.47 Å². The molecule has 4 nitrogen and oxygen atoms in total. The molecule has 0 atom stereocenters. The number of hydrogen-bond acceptors (Lipinski definition) is 3. The fraction of sp³-hybridized carbons (Fsp3) is 0.154. The molecule has 0 saturated carbocycles. The topological polar surface area (TPSA) is 62.5 Å². The average molecular weight is 328 g/mol. The summed E-state index contributed by atoms with van der Waals surface area (Å²) in [6.07, 6.45) is 0. The Morgan fingerprint density at radius 3 is 2.79 bits per heavy atom. The van der Waals surface area contributed by atoms with Crippen molar-refractivity contribution < 1.29 is 18.7 Å². The molecule has 0 aliphatic rings. The van der Waals surface area contributed by atoms with Crippen molar-refractivity contribution in [2.75, 3.05) is 0 Å². The fourth-order valence-corrected chi connectivity index (χ4v) is 2.00. The molecule has 0 spiro atoms. The maximum atomic E-state index is 13.4. The van der Waals surface area contributed by atoms with Gasteiger partial charge in [0.15, 0.2) is 0 Å². The normalized spacial score (nSPS) is 10.6. The highest BCUT2D eigenvalue weighted by molar-refractivity contribution is 9.10. The van der Waals surface area contributed by atoms with Crippen LogP contribution in [0.25, 0.3) is 0 Å².